The van der Waals surface area contributed by atoms with E-state index in [1.807, 2.05) is 18.2 Å². The van der Waals surface area contributed by atoms with E-state index in [2.05, 4.69) is 5.48 Å². The maximum absolute atomic E-state index is 15.6. The van der Waals surface area contributed by atoms with Crippen molar-refractivity contribution in [1.29, 1.82) is 0 Å². The number of benzene rings is 2. The molecule has 3 aromatic rings. The van der Waals surface area contributed by atoms with Crippen LogP contribution in [0.5, 0.6) is 11.5 Å². The molecule has 0 saturated heterocycles. The molecule has 0 radical (unpaired) electrons. The molecular formula is C38H46N4O7S2. The number of hydrogen-bond donors (Lipinski definition) is 6. The topological polar surface area (TPSA) is 186 Å². The largest absolute Gasteiger partial charge is 0.489 e. The van der Waals surface area contributed by atoms with Crippen LogP contribution in [-0.4, -0.2) is 51.0 Å². The molecule has 2 fully saturated rings. The lowest BCUT2D eigenvalue weighted by molar-refractivity contribution is -0.0762. The van der Waals surface area contributed by atoms with Crippen LogP contribution in [0.4, 0.5) is 5.69 Å². The van der Waals surface area contributed by atoms with Crippen LogP contribution in [0.3, 0.4) is 0 Å². The zero-order chi connectivity index (χ0) is 35.7. The quantitative estimate of drug-likeness (QED) is 0.0574. The fourth-order valence-electron chi connectivity index (χ4n) is 9.13. The van der Waals surface area contributed by atoms with Gasteiger partial charge in [0.15, 0.2) is 5.96 Å². The fourth-order valence-corrected chi connectivity index (χ4v) is 11.5. The highest BCUT2D eigenvalue weighted by Crippen LogP contribution is 2.60. The summed E-state index contributed by atoms with van der Waals surface area (Å²) >= 11 is 0. The van der Waals surface area contributed by atoms with Gasteiger partial charge in [-0.15, -0.1) is 0 Å². The molecule has 51 heavy (non-hydrogen) atoms. The van der Waals surface area contributed by atoms with Gasteiger partial charge in [-0.05, 0) is 76.1 Å². The number of allylic oxidation sites excluding steroid dienone is 1. The first-order valence-corrected chi connectivity index (χ1v) is 20.4. The van der Waals surface area contributed by atoms with Crippen molar-refractivity contribution in [3.63, 3.8) is 0 Å². The van der Waals surface area contributed by atoms with Crippen molar-refractivity contribution >= 4 is 44.2 Å². The van der Waals surface area contributed by atoms with E-state index in [0.29, 0.717) is 70.1 Å². The number of anilines is 1. The first-order valence-electron chi connectivity index (χ1n) is 17.9. The summed E-state index contributed by atoms with van der Waals surface area (Å²) in [5.74, 6) is 1.56. The molecule has 8 N–H and O–H groups in total. The number of nitrogens with one attached hydrogen (secondary N) is 1. The third kappa shape index (κ3) is 5.62. The number of rotatable bonds is 6. The van der Waals surface area contributed by atoms with Gasteiger partial charge >= 0.3 is 0 Å². The average molecular weight is 735 g/mol. The molecule has 2 bridgehead atoms. The Hall–Kier alpha value is -3.36. The van der Waals surface area contributed by atoms with Crippen molar-refractivity contribution in [3.8, 4) is 11.5 Å². The lowest BCUT2D eigenvalue weighted by Gasteiger charge is -2.48. The van der Waals surface area contributed by atoms with E-state index in [1.54, 1.807) is 53.6 Å². The van der Waals surface area contributed by atoms with Crippen molar-refractivity contribution in [2.24, 2.45) is 21.9 Å². The Labute approximate surface area is 304 Å². The first kappa shape index (κ1) is 34.7. The molecule has 5 aliphatic rings. The molecule has 3 aliphatic carbocycles. The molecule has 2 aromatic carbocycles. The summed E-state index contributed by atoms with van der Waals surface area (Å²) in [5, 5.41) is 34.4. The first-order chi connectivity index (χ1) is 24.4. The number of ether oxygens (including phenoxy) is 2. The lowest BCUT2D eigenvalue weighted by Crippen LogP contribution is -2.53. The SMILES string of the molecule is CC(C)(O)[C@@H]1Cc2c(c3c4oc5c(c(=O)c4c2OC2CCCC2)[C@@H](c2ccc(NO)cc2)C=C[C@]5(O)C2(CCCC2)[C@@H](N=C(N)N)CSSC3)O1. The highest BCUT2D eigenvalue weighted by Gasteiger charge is 2.60. The number of nitrogens with zero attached hydrogens (tertiary/aromatic N) is 1. The Balaban J connectivity index is 1.47. The van der Waals surface area contributed by atoms with Crippen molar-refractivity contribution < 1.29 is 29.3 Å². The zero-order valence-corrected chi connectivity index (χ0v) is 30.6. The second kappa shape index (κ2) is 12.9. The summed E-state index contributed by atoms with van der Waals surface area (Å²) in [5.41, 5.74) is 13.7. The summed E-state index contributed by atoms with van der Waals surface area (Å²) in [6.07, 6.45) is 10.3. The monoisotopic (exact) mass is 734 g/mol. The maximum atomic E-state index is 15.6. The third-order valence-corrected chi connectivity index (χ3v) is 14.1. The van der Waals surface area contributed by atoms with Gasteiger partial charge in [0, 0.05) is 40.4 Å². The van der Waals surface area contributed by atoms with Crippen LogP contribution in [0.15, 0.2) is 50.6 Å². The Morgan fingerprint density at radius 1 is 1.08 bits per heavy atom. The van der Waals surface area contributed by atoms with E-state index in [-0.39, 0.29) is 23.3 Å². The van der Waals surface area contributed by atoms with Crippen LogP contribution < -0.4 is 31.8 Å². The molecule has 3 heterocycles. The standard InChI is InChI=1S/C38H46N4O7S2/c1-36(2,44)27-17-24-31(48-27)25-18-50-51-19-26(41-35(39)40)37(14-5-6-15-37)38(45)16-13-23(20-9-11-21(42-46)12-10-20)28-30(43)29(33(25)49-34(28)38)32(24)47-22-7-3-4-8-22/h9-13,16,22-23,26-27,42,44-46H,3-8,14-15,17-19H2,1-2H3,(H4,39,40,41)/t23-,26+,27+,38-/m1/s1. The molecule has 8 rings (SSSR count). The summed E-state index contributed by atoms with van der Waals surface area (Å²) < 4.78 is 20.6. The second-order valence-electron chi connectivity index (χ2n) is 15.3. The molecule has 2 aliphatic heterocycles. The molecular weight excluding hydrogens is 689 g/mol. The highest BCUT2D eigenvalue weighted by atomic mass is 33.1. The minimum atomic E-state index is -1.73. The van der Waals surface area contributed by atoms with Gasteiger partial charge in [-0.2, -0.15) is 0 Å². The Kier molecular flexibility index (Phi) is 8.81. The van der Waals surface area contributed by atoms with Gasteiger partial charge in [0.05, 0.1) is 29.0 Å². The van der Waals surface area contributed by atoms with E-state index in [4.69, 9.17) is 30.4 Å². The van der Waals surface area contributed by atoms with Crippen LogP contribution in [0.1, 0.15) is 99.1 Å². The third-order valence-electron chi connectivity index (χ3n) is 11.8. The van der Waals surface area contributed by atoms with Crippen molar-refractivity contribution in [1.82, 2.24) is 0 Å². The van der Waals surface area contributed by atoms with Crippen LogP contribution >= 0.6 is 21.6 Å². The Bertz CT molecular complexity index is 1960. The van der Waals surface area contributed by atoms with Crippen molar-refractivity contribution in [2.75, 3.05) is 11.2 Å². The van der Waals surface area contributed by atoms with Crippen LogP contribution in [-0.2, 0) is 17.8 Å². The predicted octanol–water partition coefficient (Wildman–Crippen LogP) is 5.98. The number of aliphatic imine (C=N–C) groups is 1. The molecule has 0 amide bonds. The molecule has 2 saturated carbocycles. The van der Waals surface area contributed by atoms with Crippen LogP contribution in [0.25, 0.3) is 11.0 Å². The van der Waals surface area contributed by atoms with Gasteiger partial charge in [0.25, 0.3) is 0 Å². The van der Waals surface area contributed by atoms with Gasteiger partial charge in [-0.25, -0.2) is 4.99 Å². The predicted molar refractivity (Wildman–Crippen MR) is 201 cm³/mol. The van der Waals surface area contributed by atoms with Gasteiger partial charge in [0.1, 0.15) is 39.9 Å². The minimum Gasteiger partial charge on any atom is -0.489 e. The Morgan fingerprint density at radius 2 is 1.80 bits per heavy atom. The molecule has 1 aromatic heterocycles. The number of guanidine groups is 1. The summed E-state index contributed by atoms with van der Waals surface area (Å²) in [7, 11) is 3.22. The number of fused-ring (bicyclic) bond motifs is 3. The van der Waals surface area contributed by atoms with Crippen molar-refractivity contribution in [2.45, 2.75) is 113 Å². The van der Waals surface area contributed by atoms with Gasteiger partial charge in [-0.1, -0.05) is 52.6 Å². The molecule has 4 atom stereocenters. The molecule has 0 unspecified atom stereocenters. The van der Waals surface area contributed by atoms with E-state index in [0.717, 1.165) is 49.7 Å². The summed E-state index contributed by atoms with van der Waals surface area (Å²) in [6.45, 7) is 3.46. The molecule has 1 spiro atoms. The normalized spacial score (nSPS) is 27.0. The van der Waals surface area contributed by atoms with E-state index < -0.39 is 34.7 Å². The minimum absolute atomic E-state index is 0.0522. The van der Waals surface area contributed by atoms with E-state index in [9.17, 15) is 15.4 Å². The number of aliphatic hydroxyl groups is 2. The smallest absolute Gasteiger partial charge is 0.201 e. The van der Waals surface area contributed by atoms with E-state index >= 15 is 4.79 Å². The van der Waals surface area contributed by atoms with Crippen LogP contribution in [0, 0.1) is 5.41 Å². The van der Waals surface area contributed by atoms with Gasteiger partial charge < -0.3 is 35.6 Å². The fraction of sp³-hybridized carbons (Fsp3) is 0.526. The lowest BCUT2D eigenvalue weighted by atomic mass is 9.61. The van der Waals surface area contributed by atoms with Gasteiger partial charge in [-0.3, -0.25) is 15.5 Å². The molecule has 272 valence electrons. The number of nitrogens with two attached hydrogens (primary N) is 2. The average Bonchev–Trinajstić information content (AvgIpc) is 3.89. The summed E-state index contributed by atoms with van der Waals surface area (Å²) in [4.78, 5) is 20.3. The maximum Gasteiger partial charge on any atom is 0.201 e. The van der Waals surface area contributed by atoms with Crippen LogP contribution in [0.2, 0.25) is 0 Å². The molecule has 13 heteroatoms. The van der Waals surface area contributed by atoms with Crippen molar-refractivity contribution in [3.05, 3.63) is 74.7 Å². The second-order valence-corrected chi connectivity index (χ2v) is 17.8. The zero-order valence-electron chi connectivity index (χ0n) is 28.9. The van der Waals surface area contributed by atoms with Gasteiger partial charge in [0.2, 0.25) is 5.43 Å². The Morgan fingerprint density at radius 3 is 2.47 bits per heavy atom. The molecule has 11 nitrogen and oxygen atoms in total. The highest BCUT2D eigenvalue weighted by molar-refractivity contribution is 8.76. The summed E-state index contributed by atoms with van der Waals surface area (Å²) in [6, 6.07) is 6.72. The van der Waals surface area contributed by atoms with E-state index in [1.165, 1.54) is 0 Å². The number of hydrogen-bond acceptors (Lipinski definition) is 11.